The van der Waals surface area contributed by atoms with Crippen molar-refractivity contribution in [3.8, 4) is 28.1 Å². The molecule has 0 fully saturated rings. The number of benzene rings is 3. The molecule has 1 unspecified atom stereocenters. The van der Waals surface area contributed by atoms with Crippen LogP contribution in [0.4, 0.5) is 4.39 Å². The summed E-state index contributed by atoms with van der Waals surface area (Å²) < 4.78 is 20.6. The molecule has 1 heterocycles. The Bertz CT molecular complexity index is 1190. The van der Waals surface area contributed by atoms with Crippen LogP contribution in [-0.4, -0.2) is 11.1 Å². The van der Waals surface area contributed by atoms with Crippen LogP contribution in [0.5, 0.6) is 5.75 Å². The van der Waals surface area contributed by atoms with Gasteiger partial charge in [0.05, 0.1) is 17.3 Å². The molecule has 0 N–H and O–H groups in total. The van der Waals surface area contributed by atoms with Gasteiger partial charge in [-0.05, 0) is 73.6 Å². The van der Waals surface area contributed by atoms with Crippen LogP contribution < -0.4 is 10.0 Å². The number of hydrogen-bond donors (Lipinski definition) is 0. The summed E-state index contributed by atoms with van der Waals surface area (Å²) >= 11 is 0. The van der Waals surface area contributed by atoms with Crippen molar-refractivity contribution in [1.82, 2.24) is 4.98 Å². The van der Waals surface area contributed by atoms with E-state index in [1.165, 1.54) is 0 Å². The highest BCUT2D eigenvalue weighted by molar-refractivity contribution is 7.27. The van der Waals surface area contributed by atoms with E-state index in [0.717, 1.165) is 44.3 Å². The molecule has 146 valence electrons. The molecule has 1 atom stereocenters. The number of hydrogen-bond acceptors (Lipinski definition) is 2. The predicted molar refractivity (Wildman–Crippen MR) is 122 cm³/mol. The molecule has 0 spiro atoms. The van der Waals surface area contributed by atoms with E-state index >= 15 is 0 Å². The van der Waals surface area contributed by atoms with Crippen molar-refractivity contribution in [2.45, 2.75) is 26.9 Å². The molecular weight excluding hydrogens is 380 g/mol. The first-order valence-electron chi connectivity index (χ1n) is 9.64. The molecule has 4 heteroatoms. The van der Waals surface area contributed by atoms with E-state index < -0.39 is 0 Å². The lowest BCUT2D eigenvalue weighted by molar-refractivity contribution is 0.242. The Kier molecular flexibility index (Phi) is 5.34. The third-order valence-electron chi connectivity index (χ3n) is 4.84. The van der Waals surface area contributed by atoms with Gasteiger partial charge in [-0.25, -0.2) is 9.37 Å². The number of rotatable bonds is 4. The zero-order valence-electron chi connectivity index (χ0n) is 16.7. The van der Waals surface area contributed by atoms with E-state index in [0.29, 0.717) is 5.56 Å². The van der Waals surface area contributed by atoms with Crippen LogP contribution >= 0.6 is 9.24 Å². The Morgan fingerprint density at radius 3 is 2.31 bits per heavy atom. The molecule has 4 rings (SSSR count). The van der Waals surface area contributed by atoms with E-state index in [1.807, 2.05) is 68.4 Å². The molecule has 4 aromatic rings. The van der Waals surface area contributed by atoms with Crippen LogP contribution in [0.15, 0.2) is 66.7 Å². The Morgan fingerprint density at radius 1 is 0.897 bits per heavy atom. The maximum atomic E-state index is 14.9. The van der Waals surface area contributed by atoms with E-state index in [-0.39, 0.29) is 11.9 Å². The molecule has 0 radical (unpaired) electrons. The van der Waals surface area contributed by atoms with Crippen molar-refractivity contribution in [2.75, 3.05) is 0 Å². The van der Waals surface area contributed by atoms with Crippen molar-refractivity contribution in [3.05, 3.63) is 78.1 Å². The summed E-state index contributed by atoms with van der Waals surface area (Å²) in [5, 5.41) is 2.23. The topological polar surface area (TPSA) is 22.1 Å². The molecule has 29 heavy (non-hydrogen) atoms. The fourth-order valence-electron chi connectivity index (χ4n) is 3.45. The number of fused-ring (bicyclic) bond motifs is 1. The molecule has 2 nitrogen and oxygen atoms in total. The van der Waals surface area contributed by atoms with Crippen LogP contribution in [0.3, 0.4) is 0 Å². The Labute approximate surface area is 173 Å². The summed E-state index contributed by atoms with van der Waals surface area (Å²) in [4.78, 5) is 4.74. The number of ether oxygens (including phenoxy) is 1. The van der Waals surface area contributed by atoms with Gasteiger partial charge in [0, 0.05) is 16.5 Å². The zero-order valence-corrected chi connectivity index (χ0v) is 17.9. The first kappa shape index (κ1) is 19.5. The second-order valence-corrected chi connectivity index (χ2v) is 8.15. The highest BCUT2D eigenvalue weighted by Gasteiger charge is 2.11. The normalized spacial score (nSPS) is 11.2. The van der Waals surface area contributed by atoms with E-state index in [9.17, 15) is 4.39 Å². The summed E-state index contributed by atoms with van der Waals surface area (Å²) in [6.07, 6.45) is 0.109. The number of pyridine rings is 1. The first-order valence-corrected chi connectivity index (χ1v) is 10.2. The summed E-state index contributed by atoms with van der Waals surface area (Å²) in [5.41, 5.74) is 4.97. The molecule has 0 saturated heterocycles. The lowest BCUT2D eigenvalue weighted by atomic mass is 10.0. The number of aryl methyl sites for hydroxylation is 1. The molecule has 0 bridgehead atoms. The maximum Gasteiger partial charge on any atom is 0.131 e. The van der Waals surface area contributed by atoms with Crippen molar-refractivity contribution in [3.63, 3.8) is 0 Å². The van der Waals surface area contributed by atoms with Gasteiger partial charge in [-0.1, -0.05) is 30.3 Å². The van der Waals surface area contributed by atoms with Crippen LogP contribution in [0.2, 0.25) is 0 Å². The van der Waals surface area contributed by atoms with Crippen molar-refractivity contribution >= 4 is 25.4 Å². The molecule has 3 aromatic carbocycles. The van der Waals surface area contributed by atoms with Crippen molar-refractivity contribution < 1.29 is 9.13 Å². The third kappa shape index (κ3) is 4.16. The standard InChI is InChI=1S/C25H23FNOP/c1-15(2)28-19-7-4-17(5-8-19)21-10-6-18(13-23(21)26)25-12-16(3)22-14-20(29)9-11-24(22)27-25/h4-15H,29H2,1-3H3. The van der Waals surface area contributed by atoms with Crippen LogP contribution in [0.1, 0.15) is 19.4 Å². The Balaban J connectivity index is 1.68. The highest BCUT2D eigenvalue weighted by Crippen LogP contribution is 2.30. The quantitative estimate of drug-likeness (QED) is 0.373. The summed E-state index contributed by atoms with van der Waals surface area (Å²) in [6, 6.07) is 20.9. The third-order valence-corrected chi connectivity index (χ3v) is 5.20. The monoisotopic (exact) mass is 403 g/mol. The van der Waals surface area contributed by atoms with Crippen molar-refractivity contribution in [2.24, 2.45) is 0 Å². The molecular formula is C25H23FNOP. The minimum Gasteiger partial charge on any atom is -0.491 e. The Morgan fingerprint density at radius 2 is 1.62 bits per heavy atom. The number of nitrogens with zero attached hydrogens (tertiary/aromatic N) is 1. The van der Waals surface area contributed by atoms with Crippen LogP contribution in [0.25, 0.3) is 33.3 Å². The van der Waals surface area contributed by atoms with E-state index in [1.54, 1.807) is 6.07 Å². The van der Waals surface area contributed by atoms with Crippen LogP contribution in [-0.2, 0) is 0 Å². The fraction of sp³-hybridized carbons (Fsp3) is 0.160. The molecule has 0 aliphatic carbocycles. The first-order chi connectivity index (χ1) is 13.9. The molecule has 0 amide bonds. The average molecular weight is 403 g/mol. The maximum absolute atomic E-state index is 14.9. The molecule has 0 saturated carbocycles. The van der Waals surface area contributed by atoms with Gasteiger partial charge < -0.3 is 4.74 Å². The smallest absolute Gasteiger partial charge is 0.131 e. The summed E-state index contributed by atoms with van der Waals surface area (Å²) in [5.74, 6) is 0.519. The SMILES string of the molecule is Cc1cc(-c2ccc(-c3ccc(OC(C)C)cc3)c(F)c2)nc2ccc(P)cc12. The van der Waals surface area contributed by atoms with Gasteiger partial charge >= 0.3 is 0 Å². The minimum atomic E-state index is -0.264. The average Bonchev–Trinajstić information content (AvgIpc) is 2.69. The Hall–Kier alpha value is -2.77. The zero-order chi connectivity index (χ0) is 20.5. The second kappa shape index (κ2) is 7.93. The van der Waals surface area contributed by atoms with Gasteiger partial charge in [-0.15, -0.1) is 9.24 Å². The van der Waals surface area contributed by atoms with Gasteiger partial charge in [0.1, 0.15) is 11.6 Å². The molecule has 0 aliphatic heterocycles. The van der Waals surface area contributed by atoms with Crippen LogP contribution in [0, 0.1) is 12.7 Å². The van der Waals surface area contributed by atoms with Gasteiger partial charge in [0.2, 0.25) is 0 Å². The molecule has 0 aliphatic rings. The lowest BCUT2D eigenvalue weighted by Gasteiger charge is -2.11. The second-order valence-electron chi connectivity index (χ2n) is 7.49. The largest absolute Gasteiger partial charge is 0.491 e. The van der Waals surface area contributed by atoms with Crippen molar-refractivity contribution in [1.29, 1.82) is 0 Å². The van der Waals surface area contributed by atoms with Gasteiger partial charge in [0.25, 0.3) is 0 Å². The van der Waals surface area contributed by atoms with E-state index in [4.69, 9.17) is 9.72 Å². The minimum absolute atomic E-state index is 0.109. The number of aromatic nitrogens is 1. The van der Waals surface area contributed by atoms with Gasteiger partial charge in [-0.3, -0.25) is 0 Å². The molecule has 1 aromatic heterocycles. The number of halogens is 1. The highest BCUT2D eigenvalue weighted by atomic mass is 31.0. The summed E-state index contributed by atoms with van der Waals surface area (Å²) in [7, 11) is 2.71. The predicted octanol–water partition coefficient (Wildman–Crippen LogP) is 6.30. The lowest BCUT2D eigenvalue weighted by Crippen LogP contribution is -2.05. The van der Waals surface area contributed by atoms with Gasteiger partial charge in [0.15, 0.2) is 0 Å². The summed E-state index contributed by atoms with van der Waals surface area (Å²) in [6.45, 7) is 6.02. The van der Waals surface area contributed by atoms with E-state index in [2.05, 4.69) is 22.2 Å². The van der Waals surface area contributed by atoms with Gasteiger partial charge in [-0.2, -0.15) is 0 Å². The fourth-order valence-corrected chi connectivity index (χ4v) is 3.72.